The molecule has 1 heterocycles. The minimum Gasteiger partial charge on any atom is -0.468 e. The van der Waals surface area contributed by atoms with Crippen LogP contribution in [0.15, 0.2) is 18.3 Å². The summed E-state index contributed by atoms with van der Waals surface area (Å²) in [4.78, 5) is 15.2. The van der Waals surface area contributed by atoms with E-state index in [4.69, 9.17) is 0 Å². The third kappa shape index (κ3) is 5.38. The molecule has 0 unspecified atom stereocenters. The van der Waals surface area contributed by atoms with Crippen LogP contribution in [0.25, 0.3) is 0 Å². The van der Waals surface area contributed by atoms with Gasteiger partial charge in [0.2, 0.25) is 5.88 Å². The number of hydrogen-bond donors (Lipinski definition) is 2. The maximum absolute atomic E-state index is 12.6. The molecule has 2 N–H and O–H groups in total. The zero-order chi connectivity index (χ0) is 16.2. The molecule has 2 rings (SSSR count). The molecule has 0 saturated heterocycles. The van der Waals surface area contributed by atoms with Crippen molar-refractivity contribution in [2.45, 2.75) is 37.8 Å². The van der Waals surface area contributed by atoms with E-state index in [-0.39, 0.29) is 18.5 Å². The summed E-state index contributed by atoms with van der Waals surface area (Å²) in [5.74, 6) is -0.170. The van der Waals surface area contributed by atoms with E-state index in [1.54, 1.807) is 6.07 Å². The topological polar surface area (TPSA) is 63.2 Å². The fourth-order valence-electron chi connectivity index (χ4n) is 1.88. The molecule has 9 heteroatoms. The number of hydrogen-bond acceptors (Lipinski definition) is 3. The summed E-state index contributed by atoms with van der Waals surface area (Å²) >= 11 is 0. The lowest BCUT2D eigenvalue weighted by molar-refractivity contribution is -0.154. The number of pyridine rings is 1. The van der Waals surface area contributed by atoms with Crippen LogP contribution in [0, 0.1) is 0 Å². The van der Waals surface area contributed by atoms with Crippen LogP contribution in [-0.2, 0) is 6.54 Å². The molecular weight excluding hydrogens is 306 g/mol. The van der Waals surface area contributed by atoms with Gasteiger partial charge in [-0.25, -0.2) is 14.2 Å². The Morgan fingerprint density at radius 2 is 2.14 bits per heavy atom. The standard InChI is InChI=1S/C13H15F4N3O2/c14-9-4-10(5-9)20-12(21)19-6-8-1-2-18-11(3-8)22-7-13(15,16)17/h1-3,9-10H,4-7H2,(H2,19,20,21)/t9-,10+. The van der Waals surface area contributed by atoms with Gasteiger partial charge in [-0.2, -0.15) is 13.2 Å². The zero-order valence-corrected chi connectivity index (χ0v) is 11.5. The smallest absolute Gasteiger partial charge is 0.422 e. The first-order valence-corrected chi connectivity index (χ1v) is 6.65. The van der Waals surface area contributed by atoms with E-state index in [9.17, 15) is 22.4 Å². The molecular formula is C13H15F4N3O2. The van der Waals surface area contributed by atoms with Crippen molar-refractivity contribution in [1.29, 1.82) is 0 Å². The molecule has 0 radical (unpaired) electrons. The van der Waals surface area contributed by atoms with E-state index in [1.165, 1.54) is 12.3 Å². The van der Waals surface area contributed by atoms with Crippen LogP contribution in [-0.4, -0.2) is 36.0 Å². The largest absolute Gasteiger partial charge is 0.468 e. The zero-order valence-electron chi connectivity index (χ0n) is 11.5. The van der Waals surface area contributed by atoms with Gasteiger partial charge in [-0.15, -0.1) is 0 Å². The van der Waals surface area contributed by atoms with Crippen molar-refractivity contribution < 1.29 is 27.1 Å². The van der Waals surface area contributed by atoms with Crippen molar-refractivity contribution >= 4 is 6.03 Å². The third-order valence-electron chi connectivity index (χ3n) is 3.05. The van der Waals surface area contributed by atoms with Gasteiger partial charge in [0.1, 0.15) is 6.17 Å². The Morgan fingerprint density at radius 3 is 2.77 bits per heavy atom. The summed E-state index contributed by atoms with van der Waals surface area (Å²) in [6, 6.07) is 2.24. The monoisotopic (exact) mass is 321 g/mol. The van der Waals surface area contributed by atoms with Gasteiger partial charge in [0.15, 0.2) is 6.61 Å². The normalized spacial score (nSPS) is 20.9. The number of amides is 2. The lowest BCUT2D eigenvalue weighted by Gasteiger charge is -2.30. The first kappa shape index (κ1) is 16.3. The molecule has 1 aromatic rings. The first-order chi connectivity index (χ1) is 10.3. The summed E-state index contributed by atoms with van der Waals surface area (Å²) < 4.78 is 53.2. The Labute approximate surface area is 124 Å². The molecule has 1 aliphatic rings. The van der Waals surface area contributed by atoms with E-state index < -0.39 is 25.0 Å². The summed E-state index contributed by atoms with van der Waals surface area (Å²) in [5.41, 5.74) is 0.541. The number of aromatic nitrogens is 1. The minimum absolute atomic E-state index is 0.0997. The van der Waals surface area contributed by atoms with Crippen LogP contribution in [0.4, 0.5) is 22.4 Å². The summed E-state index contributed by atoms with van der Waals surface area (Å²) in [6.07, 6.45) is -3.40. The van der Waals surface area contributed by atoms with Crippen molar-refractivity contribution in [3.05, 3.63) is 23.9 Å². The van der Waals surface area contributed by atoms with Gasteiger partial charge in [-0.3, -0.25) is 0 Å². The average Bonchev–Trinajstić information content (AvgIpc) is 2.41. The number of nitrogens with zero attached hydrogens (tertiary/aromatic N) is 1. The van der Waals surface area contributed by atoms with Gasteiger partial charge >= 0.3 is 12.2 Å². The van der Waals surface area contributed by atoms with Gasteiger partial charge in [0.25, 0.3) is 0 Å². The number of ether oxygens (including phenoxy) is 1. The Kier molecular flexibility index (Phi) is 5.04. The summed E-state index contributed by atoms with van der Waals surface area (Å²) in [7, 11) is 0. The van der Waals surface area contributed by atoms with Crippen LogP contribution in [0.1, 0.15) is 18.4 Å². The van der Waals surface area contributed by atoms with Gasteiger partial charge in [-0.05, 0) is 24.5 Å². The fraction of sp³-hybridized carbons (Fsp3) is 0.538. The first-order valence-electron chi connectivity index (χ1n) is 6.65. The Morgan fingerprint density at radius 1 is 1.41 bits per heavy atom. The number of urea groups is 1. The predicted molar refractivity (Wildman–Crippen MR) is 69.1 cm³/mol. The highest BCUT2D eigenvalue weighted by Gasteiger charge is 2.30. The van der Waals surface area contributed by atoms with Crippen LogP contribution < -0.4 is 15.4 Å². The van der Waals surface area contributed by atoms with Gasteiger partial charge < -0.3 is 15.4 Å². The second kappa shape index (κ2) is 6.80. The molecule has 22 heavy (non-hydrogen) atoms. The number of carbonyl (C=O) groups is 1. The Bertz CT molecular complexity index is 518. The molecule has 0 aromatic carbocycles. The highest BCUT2D eigenvalue weighted by molar-refractivity contribution is 5.74. The number of rotatable bonds is 5. The van der Waals surface area contributed by atoms with Crippen LogP contribution in [0.3, 0.4) is 0 Å². The molecule has 1 aromatic heterocycles. The molecule has 1 saturated carbocycles. The molecule has 1 fully saturated rings. The quantitative estimate of drug-likeness (QED) is 0.818. The molecule has 0 bridgehead atoms. The second-order valence-corrected chi connectivity index (χ2v) is 5.00. The van der Waals surface area contributed by atoms with Crippen LogP contribution in [0.2, 0.25) is 0 Å². The van der Waals surface area contributed by atoms with Gasteiger partial charge in [0.05, 0.1) is 0 Å². The van der Waals surface area contributed by atoms with E-state index in [1.807, 2.05) is 0 Å². The molecule has 2 amide bonds. The van der Waals surface area contributed by atoms with Crippen molar-refractivity contribution in [3.8, 4) is 5.88 Å². The van der Waals surface area contributed by atoms with E-state index in [2.05, 4.69) is 20.4 Å². The van der Waals surface area contributed by atoms with Crippen molar-refractivity contribution in [2.75, 3.05) is 6.61 Å². The van der Waals surface area contributed by atoms with E-state index >= 15 is 0 Å². The predicted octanol–water partition coefficient (Wildman–Crippen LogP) is 2.32. The van der Waals surface area contributed by atoms with Crippen molar-refractivity contribution in [1.82, 2.24) is 15.6 Å². The van der Waals surface area contributed by atoms with Crippen molar-refractivity contribution in [2.24, 2.45) is 0 Å². The molecule has 5 nitrogen and oxygen atoms in total. The van der Waals surface area contributed by atoms with E-state index in [0.717, 1.165) is 0 Å². The van der Waals surface area contributed by atoms with Crippen LogP contribution >= 0.6 is 0 Å². The molecule has 1 aliphatic carbocycles. The number of halogens is 4. The third-order valence-corrected chi connectivity index (χ3v) is 3.05. The lowest BCUT2D eigenvalue weighted by atomic mass is 9.91. The fourth-order valence-corrected chi connectivity index (χ4v) is 1.88. The number of nitrogens with one attached hydrogen (secondary N) is 2. The molecule has 0 spiro atoms. The summed E-state index contributed by atoms with van der Waals surface area (Å²) in [6.45, 7) is -1.33. The highest BCUT2D eigenvalue weighted by Crippen LogP contribution is 2.22. The Balaban J connectivity index is 1.76. The average molecular weight is 321 g/mol. The lowest BCUT2D eigenvalue weighted by Crippen LogP contribution is -2.48. The van der Waals surface area contributed by atoms with Crippen LogP contribution in [0.5, 0.6) is 5.88 Å². The molecule has 122 valence electrons. The van der Waals surface area contributed by atoms with Gasteiger partial charge in [0, 0.05) is 24.8 Å². The van der Waals surface area contributed by atoms with Gasteiger partial charge in [-0.1, -0.05) is 0 Å². The second-order valence-electron chi connectivity index (χ2n) is 5.00. The summed E-state index contributed by atoms with van der Waals surface area (Å²) in [5, 5.41) is 5.13. The molecule has 0 aliphatic heterocycles. The number of carbonyl (C=O) groups excluding carboxylic acids is 1. The Hall–Kier alpha value is -2.06. The van der Waals surface area contributed by atoms with E-state index in [0.29, 0.717) is 18.4 Å². The SMILES string of the molecule is O=C(NCc1ccnc(OCC(F)(F)F)c1)N[C@H]1C[C@@H](F)C1. The number of alkyl halides is 4. The molecule has 0 atom stereocenters. The highest BCUT2D eigenvalue weighted by atomic mass is 19.4. The van der Waals surface area contributed by atoms with Crippen molar-refractivity contribution in [3.63, 3.8) is 0 Å². The minimum atomic E-state index is -4.44. The maximum atomic E-state index is 12.6. The maximum Gasteiger partial charge on any atom is 0.422 e.